The number of piperidine rings is 1. The first-order valence-corrected chi connectivity index (χ1v) is 10.1. The zero-order valence-electron chi connectivity index (χ0n) is 16.3. The molecule has 0 aliphatic carbocycles. The van der Waals surface area contributed by atoms with Gasteiger partial charge in [0.15, 0.2) is 11.6 Å². The van der Waals surface area contributed by atoms with E-state index in [1.165, 1.54) is 0 Å². The number of aryl methyl sites for hydroxylation is 2. The molecule has 5 heterocycles. The highest BCUT2D eigenvalue weighted by Gasteiger charge is 2.28. The largest absolute Gasteiger partial charge is 0.334 e. The van der Waals surface area contributed by atoms with Crippen LogP contribution in [0.15, 0.2) is 15.2 Å². The minimum absolute atomic E-state index is 0.0153. The maximum absolute atomic E-state index is 12.6. The molecule has 10 nitrogen and oxygen atoms in total. The van der Waals surface area contributed by atoms with Gasteiger partial charge >= 0.3 is 0 Å². The molecule has 0 radical (unpaired) electrons. The SMILES string of the molecule is Cc1noc(-c2cn3c(n2)CC(Cc2noc(C(=O)C4CCNCC4)n2)CC3)n1. The van der Waals surface area contributed by atoms with Gasteiger partial charge in [0.2, 0.25) is 5.78 Å². The van der Waals surface area contributed by atoms with Crippen LogP contribution in [0.2, 0.25) is 0 Å². The summed E-state index contributed by atoms with van der Waals surface area (Å²) in [6, 6.07) is 0. The first-order valence-electron chi connectivity index (χ1n) is 10.1. The molecule has 10 heteroatoms. The highest BCUT2D eigenvalue weighted by atomic mass is 16.5. The molecule has 29 heavy (non-hydrogen) atoms. The van der Waals surface area contributed by atoms with E-state index in [-0.39, 0.29) is 17.6 Å². The Hall–Kier alpha value is -2.88. The smallest absolute Gasteiger partial charge is 0.294 e. The van der Waals surface area contributed by atoms with Crippen LogP contribution in [-0.4, -0.2) is 48.7 Å². The number of hydrogen-bond donors (Lipinski definition) is 1. The van der Waals surface area contributed by atoms with E-state index in [9.17, 15) is 4.79 Å². The number of hydrogen-bond acceptors (Lipinski definition) is 9. The molecule has 0 amide bonds. The maximum atomic E-state index is 12.6. The van der Waals surface area contributed by atoms with Crippen LogP contribution in [0.1, 0.15) is 47.4 Å². The Kier molecular flexibility index (Phi) is 4.70. The van der Waals surface area contributed by atoms with Gasteiger partial charge in [0.25, 0.3) is 11.8 Å². The number of ketones is 1. The molecule has 5 rings (SSSR count). The molecular weight excluding hydrogens is 374 g/mol. The minimum Gasteiger partial charge on any atom is -0.334 e. The van der Waals surface area contributed by atoms with Gasteiger partial charge in [-0.05, 0) is 45.2 Å². The van der Waals surface area contributed by atoms with Gasteiger partial charge in [-0.3, -0.25) is 4.79 Å². The zero-order chi connectivity index (χ0) is 19.8. The summed E-state index contributed by atoms with van der Waals surface area (Å²) >= 11 is 0. The standard InChI is InChI=1S/C19H23N7O3/c1-11-21-18(28-24-11)14-10-26-7-4-12(9-16(26)22-14)8-15-23-19(29-25-15)17(27)13-2-5-20-6-3-13/h10,12-13,20H,2-9H2,1H3. The minimum atomic E-state index is -0.0241. The fourth-order valence-corrected chi connectivity index (χ4v) is 4.12. The van der Waals surface area contributed by atoms with Crippen molar-refractivity contribution in [2.24, 2.45) is 11.8 Å². The van der Waals surface area contributed by atoms with E-state index >= 15 is 0 Å². The van der Waals surface area contributed by atoms with Crippen LogP contribution in [-0.2, 0) is 19.4 Å². The number of aromatic nitrogens is 6. The molecule has 1 atom stereocenters. The van der Waals surface area contributed by atoms with E-state index in [0.29, 0.717) is 35.6 Å². The molecule has 0 bridgehead atoms. The Morgan fingerprint density at radius 2 is 2.03 bits per heavy atom. The number of carbonyl (C=O) groups excluding carboxylic acids is 1. The van der Waals surface area contributed by atoms with E-state index in [4.69, 9.17) is 9.05 Å². The van der Waals surface area contributed by atoms with Crippen molar-refractivity contribution in [3.63, 3.8) is 0 Å². The summed E-state index contributed by atoms with van der Waals surface area (Å²) in [6.45, 7) is 4.36. The predicted octanol–water partition coefficient (Wildman–Crippen LogP) is 1.61. The lowest BCUT2D eigenvalue weighted by Crippen LogP contribution is -2.32. The lowest BCUT2D eigenvalue weighted by molar-refractivity contribution is 0.0849. The molecule has 0 spiro atoms. The van der Waals surface area contributed by atoms with Crippen molar-refractivity contribution in [2.75, 3.05) is 13.1 Å². The van der Waals surface area contributed by atoms with Crippen LogP contribution in [0, 0.1) is 18.8 Å². The summed E-state index contributed by atoms with van der Waals surface area (Å²) in [6.07, 6.45) is 6.07. The topological polar surface area (TPSA) is 125 Å². The summed E-state index contributed by atoms with van der Waals surface area (Å²) in [7, 11) is 0. The van der Waals surface area contributed by atoms with Crippen molar-refractivity contribution in [2.45, 2.75) is 45.6 Å². The highest BCUT2D eigenvalue weighted by Crippen LogP contribution is 2.26. The number of Topliss-reactive ketones (excluding diaryl/α,β-unsaturated/α-hetero) is 1. The van der Waals surface area contributed by atoms with Gasteiger partial charge in [-0.2, -0.15) is 9.97 Å². The van der Waals surface area contributed by atoms with Gasteiger partial charge < -0.3 is 18.9 Å². The Morgan fingerprint density at radius 1 is 1.17 bits per heavy atom. The van der Waals surface area contributed by atoms with Crippen LogP contribution in [0.5, 0.6) is 0 Å². The Balaban J connectivity index is 1.24. The number of imidazole rings is 1. The van der Waals surface area contributed by atoms with Gasteiger partial charge in [-0.15, -0.1) is 0 Å². The number of nitrogens with one attached hydrogen (secondary N) is 1. The van der Waals surface area contributed by atoms with Crippen molar-refractivity contribution in [3.8, 4) is 11.6 Å². The number of rotatable bonds is 5. The summed E-state index contributed by atoms with van der Waals surface area (Å²) in [5, 5.41) is 11.1. The first-order chi connectivity index (χ1) is 14.2. The average molecular weight is 397 g/mol. The second-order valence-electron chi connectivity index (χ2n) is 7.85. The lowest BCUT2D eigenvalue weighted by Gasteiger charge is -2.21. The monoisotopic (exact) mass is 397 g/mol. The molecule has 3 aromatic rings. The van der Waals surface area contributed by atoms with Crippen LogP contribution >= 0.6 is 0 Å². The molecule has 1 N–H and O–H groups in total. The van der Waals surface area contributed by atoms with Crippen molar-refractivity contribution >= 4 is 5.78 Å². The second-order valence-corrected chi connectivity index (χ2v) is 7.85. The van der Waals surface area contributed by atoms with Crippen LogP contribution in [0.3, 0.4) is 0 Å². The van der Waals surface area contributed by atoms with Crippen LogP contribution in [0.4, 0.5) is 0 Å². The fourth-order valence-electron chi connectivity index (χ4n) is 4.12. The first kappa shape index (κ1) is 18.2. The molecule has 0 saturated carbocycles. The predicted molar refractivity (Wildman–Crippen MR) is 100.0 cm³/mol. The molecule has 152 valence electrons. The fraction of sp³-hybridized carbons (Fsp3) is 0.579. The van der Waals surface area contributed by atoms with Crippen molar-refractivity contribution < 1.29 is 13.8 Å². The summed E-state index contributed by atoms with van der Waals surface area (Å²) in [5.74, 6) is 3.08. The number of fused-ring (bicyclic) bond motifs is 1. The Morgan fingerprint density at radius 3 is 2.83 bits per heavy atom. The van der Waals surface area contributed by atoms with Gasteiger partial charge in [0.05, 0.1) is 0 Å². The van der Waals surface area contributed by atoms with E-state index in [1.54, 1.807) is 6.92 Å². The number of nitrogens with zero attached hydrogens (tertiary/aromatic N) is 6. The van der Waals surface area contributed by atoms with Gasteiger partial charge in [0, 0.05) is 31.5 Å². The Bertz CT molecular complexity index is 1010. The maximum Gasteiger partial charge on any atom is 0.294 e. The normalized spacial score (nSPS) is 20.0. The third-order valence-corrected chi connectivity index (χ3v) is 5.72. The van der Waals surface area contributed by atoms with E-state index < -0.39 is 0 Å². The quantitative estimate of drug-likeness (QED) is 0.639. The lowest BCUT2D eigenvalue weighted by atomic mass is 9.93. The molecule has 1 saturated heterocycles. The molecule has 3 aromatic heterocycles. The average Bonchev–Trinajstić information content (AvgIpc) is 3.47. The molecule has 1 unspecified atom stereocenters. The molecule has 2 aliphatic heterocycles. The Labute approximate surface area is 167 Å². The number of carbonyl (C=O) groups is 1. The van der Waals surface area contributed by atoms with Gasteiger partial charge in [-0.25, -0.2) is 4.98 Å². The summed E-state index contributed by atoms with van der Waals surface area (Å²) < 4.78 is 12.6. The van der Waals surface area contributed by atoms with Gasteiger partial charge in [0.1, 0.15) is 11.5 Å². The molecule has 0 aromatic carbocycles. The van der Waals surface area contributed by atoms with Crippen molar-refractivity contribution in [1.82, 2.24) is 35.1 Å². The zero-order valence-corrected chi connectivity index (χ0v) is 16.3. The molecular formula is C19H23N7O3. The summed E-state index contributed by atoms with van der Waals surface area (Å²) in [5.41, 5.74) is 0.704. The van der Waals surface area contributed by atoms with E-state index in [1.807, 2.05) is 6.20 Å². The van der Waals surface area contributed by atoms with E-state index in [2.05, 4.69) is 35.1 Å². The molecule has 1 fully saturated rings. The third-order valence-electron chi connectivity index (χ3n) is 5.72. The van der Waals surface area contributed by atoms with Crippen molar-refractivity contribution in [3.05, 3.63) is 29.6 Å². The van der Waals surface area contributed by atoms with Gasteiger partial charge in [-0.1, -0.05) is 10.3 Å². The van der Waals surface area contributed by atoms with Crippen LogP contribution in [0.25, 0.3) is 11.6 Å². The third kappa shape index (κ3) is 3.71. The second kappa shape index (κ2) is 7.51. The summed E-state index contributed by atoms with van der Waals surface area (Å²) in [4.78, 5) is 25.8. The highest BCUT2D eigenvalue weighted by molar-refractivity contribution is 5.93. The van der Waals surface area contributed by atoms with E-state index in [0.717, 1.165) is 51.1 Å². The van der Waals surface area contributed by atoms with Crippen LogP contribution < -0.4 is 5.32 Å². The van der Waals surface area contributed by atoms with Crippen molar-refractivity contribution in [1.29, 1.82) is 0 Å². The molecule has 2 aliphatic rings.